The van der Waals surface area contributed by atoms with Crippen LogP contribution < -0.4 is 5.32 Å². The standard InChI is InChI=1S/C13H14F3NO4/c1-8-3-5-9(6-4-8)17-10(18)7-12(20,11(19)21-2)13(14,15)16/h3-6,20H,7H2,1-2H3,(H,17,18). The quantitative estimate of drug-likeness (QED) is 0.832. The van der Waals surface area contributed by atoms with Crippen LogP contribution in [-0.4, -0.2) is 35.9 Å². The Morgan fingerprint density at radius 2 is 1.76 bits per heavy atom. The van der Waals surface area contributed by atoms with Gasteiger partial charge in [0, 0.05) is 5.69 Å². The van der Waals surface area contributed by atoms with Crippen LogP contribution in [0.2, 0.25) is 0 Å². The Morgan fingerprint density at radius 3 is 2.19 bits per heavy atom. The molecular formula is C13H14F3NO4. The van der Waals surface area contributed by atoms with E-state index in [0.29, 0.717) is 7.11 Å². The molecule has 0 aliphatic rings. The van der Waals surface area contributed by atoms with Crippen molar-refractivity contribution in [3.8, 4) is 0 Å². The number of benzene rings is 1. The summed E-state index contributed by atoms with van der Waals surface area (Å²) in [6, 6.07) is 6.26. The van der Waals surface area contributed by atoms with Crippen molar-refractivity contribution in [1.29, 1.82) is 0 Å². The second kappa shape index (κ2) is 6.13. The summed E-state index contributed by atoms with van der Waals surface area (Å²) in [4.78, 5) is 22.7. The predicted octanol–water partition coefficient (Wildman–Crippen LogP) is 1.79. The van der Waals surface area contributed by atoms with Gasteiger partial charge in [-0.15, -0.1) is 0 Å². The van der Waals surface area contributed by atoms with E-state index in [0.717, 1.165) is 5.56 Å². The van der Waals surface area contributed by atoms with Crippen LogP contribution in [0.5, 0.6) is 0 Å². The largest absolute Gasteiger partial charge is 0.467 e. The lowest BCUT2D eigenvalue weighted by Crippen LogP contribution is -2.54. The van der Waals surface area contributed by atoms with Gasteiger partial charge in [-0.3, -0.25) is 4.79 Å². The second-order valence-corrected chi connectivity index (χ2v) is 4.44. The van der Waals surface area contributed by atoms with E-state index in [1.807, 2.05) is 0 Å². The van der Waals surface area contributed by atoms with Crippen LogP contribution in [0.1, 0.15) is 12.0 Å². The van der Waals surface area contributed by atoms with E-state index in [9.17, 15) is 27.9 Å². The van der Waals surface area contributed by atoms with E-state index >= 15 is 0 Å². The van der Waals surface area contributed by atoms with Gasteiger partial charge in [-0.25, -0.2) is 4.79 Å². The summed E-state index contributed by atoms with van der Waals surface area (Å²) in [5, 5.41) is 11.6. The molecule has 0 bridgehead atoms. The van der Waals surface area contributed by atoms with Gasteiger partial charge >= 0.3 is 12.1 Å². The van der Waals surface area contributed by atoms with Gasteiger partial charge in [0.05, 0.1) is 13.5 Å². The molecule has 1 rings (SSSR count). The fourth-order valence-electron chi connectivity index (χ4n) is 1.53. The number of esters is 1. The van der Waals surface area contributed by atoms with E-state index < -0.39 is 30.1 Å². The third-order valence-corrected chi connectivity index (χ3v) is 2.74. The molecule has 0 heterocycles. The molecule has 0 saturated heterocycles. The number of anilines is 1. The summed E-state index contributed by atoms with van der Waals surface area (Å²) < 4.78 is 42.2. The summed E-state index contributed by atoms with van der Waals surface area (Å²) in [6.07, 6.45) is -6.82. The minimum Gasteiger partial charge on any atom is -0.467 e. The highest BCUT2D eigenvalue weighted by molar-refractivity contribution is 5.95. The van der Waals surface area contributed by atoms with Crippen molar-refractivity contribution in [2.75, 3.05) is 12.4 Å². The molecule has 21 heavy (non-hydrogen) atoms. The van der Waals surface area contributed by atoms with Crippen molar-refractivity contribution >= 4 is 17.6 Å². The molecule has 2 N–H and O–H groups in total. The summed E-state index contributed by atoms with van der Waals surface area (Å²) in [6.45, 7) is 1.80. The first kappa shape index (κ1) is 17.0. The highest BCUT2D eigenvalue weighted by Crippen LogP contribution is 2.34. The lowest BCUT2D eigenvalue weighted by atomic mass is 9.98. The number of aliphatic hydroxyl groups is 1. The van der Waals surface area contributed by atoms with Crippen molar-refractivity contribution in [2.24, 2.45) is 0 Å². The van der Waals surface area contributed by atoms with E-state index in [2.05, 4.69) is 10.1 Å². The van der Waals surface area contributed by atoms with Gasteiger partial charge in [-0.05, 0) is 19.1 Å². The average Bonchev–Trinajstić information content (AvgIpc) is 2.38. The van der Waals surface area contributed by atoms with E-state index in [4.69, 9.17) is 0 Å². The van der Waals surface area contributed by atoms with Crippen LogP contribution >= 0.6 is 0 Å². The number of ether oxygens (including phenoxy) is 1. The Labute approximate surface area is 118 Å². The number of methoxy groups -OCH3 is 1. The van der Waals surface area contributed by atoms with Gasteiger partial charge < -0.3 is 15.2 Å². The molecule has 0 spiro atoms. The zero-order valence-corrected chi connectivity index (χ0v) is 11.3. The first-order chi connectivity index (χ1) is 9.60. The molecule has 1 unspecified atom stereocenters. The SMILES string of the molecule is COC(=O)C(O)(CC(=O)Nc1ccc(C)cc1)C(F)(F)F. The fraction of sp³-hybridized carbons (Fsp3) is 0.385. The minimum absolute atomic E-state index is 0.250. The molecule has 0 radical (unpaired) electrons. The van der Waals surface area contributed by atoms with Gasteiger partial charge in [0.15, 0.2) is 0 Å². The Morgan fingerprint density at radius 1 is 1.24 bits per heavy atom. The normalized spacial score (nSPS) is 14.2. The number of carbonyl (C=O) groups is 2. The zero-order chi connectivity index (χ0) is 16.3. The fourth-order valence-corrected chi connectivity index (χ4v) is 1.53. The molecule has 116 valence electrons. The average molecular weight is 305 g/mol. The molecule has 5 nitrogen and oxygen atoms in total. The number of amides is 1. The molecule has 1 atom stereocenters. The summed E-state index contributed by atoms with van der Waals surface area (Å²) in [5.74, 6) is -3.10. The predicted molar refractivity (Wildman–Crippen MR) is 67.4 cm³/mol. The van der Waals surface area contributed by atoms with Crippen molar-refractivity contribution in [3.63, 3.8) is 0 Å². The number of nitrogens with one attached hydrogen (secondary N) is 1. The van der Waals surface area contributed by atoms with Crippen molar-refractivity contribution in [1.82, 2.24) is 0 Å². The Kier molecular flexibility index (Phi) is 4.95. The molecule has 0 fully saturated rings. The smallest absolute Gasteiger partial charge is 0.428 e. The van der Waals surface area contributed by atoms with Gasteiger partial charge in [0.25, 0.3) is 5.60 Å². The van der Waals surface area contributed by atoms with E-state index in [1.54, 1.807) is 19.1 Å². The van der Waals surface area contributed by atoms with Crippen LogP contribution in [0, 0.1) is 6.92 Å². The maximum Gasteiger partial charge on any atom is 0.428 e. The highest BCUT2D eigenvalue weighted by Gasteiger charge is 2.61. The van der Waals surface area contributed by atoms with Crippen LogP contribution in [0.3, 0.4) is 0 Å². The number of hydrogen-bond acceptors (Lipinski definition) is 4. The molecule has 8 heteroatoms. The van der Waals surface area contributed by atoms with Gasteiger partial charge in [0.2, 0.25) is 5.91 Å². The van der Waals surface area contributed by atoms with Crippen molar-refractivity contribution < 1.29 is 32.6 Å². The summed E-state index contributed by atoms with van der Waals surface area (Å²) in [7, 11) is 0.691. The van der Waals surface area contributed by atoms with Crippen LogP contribution in [0.15, 0.2) is 24.3 Å². The number of aryl methyl sites for hydroxylation is 1. The summed E-state index contributed by atoms with van der Waals surface area (Å²) >= 11 is 0. The van der Waals surface area contributed by atoms with Gasteiger partial charge in [-0.1, -0.05) is 17.7 Å². The summed E-state index contributed by atoms with van der Waals surface area (Å²) in [5.41, 5.74) is -2.73. The molecule has 1 aromatic rings. The maximum absolute atomic E-state index is 12.8. The van der Waals surface area contributed by atoms with Gasteiger partial charge in [0.1, 0.15) is 0 Å². The molecular weight excluding hydrogens is 291 g/mol. The number of hydrogen-bond donors (Lipinski definition) is 2. The third-order valence-electron chi connectivity index (χ3n) is 2.74. The minimum atomic E-state index is -5.33. The van der Waals surface area contributed by atoms with Crippen LogP contribution in [-0.2, 0) is 14.3 Å². The highest BCUT2D eigenvalue weighted by atomic mass is 19.4. The zero-order valence-electron chi connectivity index (χ0n) is 11.3. The lowest BCUT2D eigenvalue weighted by molar-refractivity contribution is -0.261. The molecule has 0 aliphatic heterocycles. The first-order valence-corrected chi connectivity index (χ1v) is 5.84. The molecule has 0 aromatic heterocycles. The van der Waals surface area contributed by atoms with Gasteiger partial charge in [-0.2, -0.15) is 13.2 Å². The molecule has 0 aliphatic carbocycles. The Bertz CT molecular complexity index is 527. The Balaban J connectivity index is 2.87. The number of halogens is 3. The lowest BCUT2D eigenvalue weighted by Gasteiger charge is -2.26. The molecule has 0 saturated carbocycles. The van der Waals surface area contributed by atoms with Crippen molar-refractivity contribution in [2.45, 2.75) is 25.1 Å². The van der Waals surface area contributed by atoms with E-state index in [-0.39, 0.29) is 5.69 Å². The maximum atomic E-state index is 12.8. The van der Waals surface area contributed by atoms with E-state index in [1.165, 1.54) is 12.1 Å². The molecule has 1 aromatic carbocycles. The number of carbonyl (C=O) groups excluding carboxylic acids is 2. The van der Waals surface area contributed by atoms with Crippen LogP contribution in [0.25, 0.3) is 0 Å². The topological polar surface area (TPSA) is 75.6 Å². The number of rotatable bonds is 4. The molecule has 1 amide bonds. The van der Waals surface area contributed by atoms with Crippen molar-refractivity contribution in [3.05, 3.63) is 29.8 Å². The second-order valence-electron chi connectivity index (χ2n) is 4.44. The monoisotopic (exact) mass is 305 g/mol. The Hall–Kier alpha value is -2.09. The first-order valence-electron chi connectivity index (χ1n) is 5.84. The van der Waals surface area contributed by atoms with Crippen LogP contribution in [0.4, 0.5) is 18.9 Å². The number of alkyl halides is 3. The third kappa shape index (κ3) is 3.94.